The fraction of sp³-hybridized carbons (Fsp3) is 0.464. The molecular weight excluding hydrogens is 510 g/mol. The molecular formula is C28H37N9O3. The highest BCUT2D eigenvalue weighted by Crippen LogP contribution is 2.38. The summed E-state index contributed by atoms with van der Waals surface area (Å²) in [6, 6.07) is 3.93. The zero-order valence-electron chi connectivity index (χ0n) is 23.7. The number of rotatable bonds is 10. The third-order valence-electron chi connectivity index (χ3n) is 7.47. The number of pyridine rings is 1. The van der Waals surface area contributed by atoms with Crippen molar-refractivity contribution in [3.8, 4) is 11.5 Å². The lowest BCUT2D eigenvalue weighted by molar-refractivity contribution is -0.132. The van der Waals surface area contributed by atoms with Gasteiger partial charge in [-0.3, -0.25) is 14.5 Å². The third kappa shape index (κ3) is 6.33. The third-order valence-corrected chi connectivity index (χ3v) is 7.47. The van der Waals surface area contributed by atoms with Crippen LogP contribution in [0.3, 0.4) is 0 Å². The van der Waals surface area contributed by atoms with Gasteiger partial charge in [0.05, 0.1) is 29.0 Å². The minimum absolute atomic E-state index is 0.0441. The predicted octanol–water partition coefficient (Wildman–Crippen LogP) is 3.30. The van der Waals surface area contributed by atoms with E-state index in [-0.39, 0.29) is 30.4 Å². The van der Waals surface area contributed by atoms with Gasteiger partial charge in [0, 0.05) is 38.8 Å². The highest BCUT2D eigenvalue weighted by atomic mass is 16.5. The van der Waals surface area contributed by atoms with Crippen LogP contribution in [0.25, 0.3) is 17.0 Å². The van der Waals surface area contributed by atoms with Crippen LogP contribution in [-0.2, 0) is 21.5 Å². The number of nitrogens with zero attached hydrogens (tertiary/aromatic N) is 8. The Bertz CT molecular complexity index is 1380. The van der Waals surface area contributed by atoms with E-state index in [4.69, 9.17) is 20.0 Å². The second kappa shape index (κ2) is 12.3. The standard InChI is InChI=1S/C28H37N9O3/c1-18(2)28(4,21-9-10-23(31-14-21)19(3)12-32-27(29)30-5)26-34-25(40-35-26)20-13-33-37(15-20)17-24(38)36(6)16-22-8-7-11-39-22/h9-10,12-15,18,22H,5,7-8,11,16-17H2,1-4,6H3,(H2,29,32)/b19-12+. The molecule has 12 nitrogen and oxygen atoms in total. The van der Waals surface area contributed by atoms with Gasteiger partial charge in [0.25, 0.3) is 5.89 Å². The smallest absolute Gasteiger partial charge is 0.261 e. The maximum Gasteiger partial charge on any atom is 0.261 e. The second-order valence-electron chi connectivity index (χ2n) is 10.5. The van der Waals surface area contributed by atoms with E-state index in [9.17, 15) is 4.79 Å². The Morgan fingerprint density at radius 3 is 2.83 bits per heavy atom. The first-order chi connectivity index (χ1) is 19.1. The molecule has 3 aromatic rings. The summed E-state index contributed by atoms with van der Waals surface area (Å²) in [4.78, 5) is 31.4. The van der Waals surface area contributed by atoms with E-state index in [0.717, 1.165) is 36.3 Å². The number of ether oxygens (including phenoxy) is 1. The number of aromatic nitrogens is 5. The molecule has 0 saturated carbocycles. The number of amides is 1. The van der Waals surface area contributed by atoms with Crippen molar-refractivity contribution in [2.45, 2.75) is 58.6 Å². The van der Waals surface area contributed by atoms with Gasteiger partial charge >= 0.3 is 0 Å². The van der Waals surface area contributed by atoms with E-state index in [2.05, 4.69) is 52.7 Å². The Morgan fingerprint density at radius 2 is 2.17 bits per heavy atom. The second-order valence-corrected chi connectivity index (χ2v) is 10.5. The van der Waals surface area contributed by atoms with Crippen molar-refractivity contribution in [1.82, 2.24) is 29.8 Å². The topological polar surface area (TPSA) is 150 Å². The Kier molecular flexibility index (Phi) is 8.88. The molecule has 4 heterocycles. The molecule has 3 aromatic heterocycles. The van der Waals surface area contributed by atoms with E-state index >= 15 is 0 Å². The van der Waals surface area contributed by atoms with Crippen molar-refractivity contribution in [2.75, 3.05) is 20.2 Å². The quantitative estimate of drug-likeness (QED) is 0.300. The number of carbonyl (C=O) groups is 1. The van der Waals surface area contributed by atoms with Crippen LogP contribution in [0.1, 0.15) is 57.6 Å². The van der Waals surface area contributed by atoms with Crippen LogP contribution < -0.4 is 5.73 Å². The molecule has 12 heteroatoms. The lowest BCUT2D eigenvalue weighted by Crippen LogP contribution is -2.36. The molecule has 212 valence electrons. The molecule has 0 spiro atoms. The van der Waals surface area contributed by atoms with E-state index in [0.29, 0.717) is 23.8 Å². The summed E-state index contributed by atoms with van der Waals surface area (Å²) < 4.78 is 12.9. The Hall–Kier alpha value is -4.19. The average molecular weight is 548 g/mol. The normalized spacial score (nSPS) is 17.7. The van der Waals surface area contributed by atoms with Crippen LogP contribution in [0.2, 0.25) is 0 Å². The first kappa shape index (κ1) is 28.8. The Balaban J connectivity index is 1.49. The molecule has 1 aliphatic rings. The number of carbonyl (C=O) groups excluding carboxylic acids is 1. The average Bonchev–Trinajstić information content (AvgIpc) is 3.73. The summed E-state index contributed by atoms with van der Waals surface area (Å²) in [7, 11) is 1.79. The predicted molar refractivity (Wildman–Crippen MR) is 152 cm³/mol. The van der Waals surface area contributed by atoms with Crippen LogP contribution in [-0.4, -0.2) is 74.7 Å². The fourth-order valence-corrected chi connectivity index (χ4v) is 4.49. The van der Waals surface area contributed by atoms with Crippen molar-refractivity contribution in [2.24, 2.45) is 21.6 Å². The Labute approximate surface area is 234 Å². The van der Waals surface area contributed by atoms with Crippen LogP contribution in [0.4, 0.5) is 0 Å². The van der Waals surface area contributed by atoms with Crippen LogP contribution in [0.5, 0.6) is 0 Å². The number of aliphatic imine (C=N–C) groups is 2. The number of guanidine groups is 1. The number of allylic oxidation sites excluding steroid dienone is 1. The molecule has 0 aromatic carbocycles. The summed E-state index contributed by atoms with van der Waals surface area (Å²) in [6.07, 6.45) is 8.91. The van der Waals surface area contributed by atoms with Crippen molar-refractivity contribution in [3.05, 3.63) is 54.0 Å². The minimum atomic E-state index is -0.572. The molecule has 1 fully saturated rings. The van der Waals surface area contributed by atoms with E-state index in [1.807, 2.05) is 25.3 Å². The number of hydrogen-bond donors (Lipinski definition) is 1. The van der Waals surface area contributed by atoms with Gasteiger partial charge in [-0.15, -0.1) is 0 Å². The lowest BCUT2D eigenvalue weighted by Gasteiger charge is -2.30. The van der Waals surface area contributed by atoms with Gasteiger partial charge in [0.15, 0.2) is 5.82 Å². The van der Waals surface area contributed by atoms with Crippen LogP contribution in [0, 0.1) is 5.92 Å². The molecule has 0 radical (unpaired) electrons. The van der Waals surface area contributed by atoms with Gasteiger partial charge in [0.1, 0.15) is 6.54 Å². The van der Waals surface area contributed by atoms with Crippen molar-refractivity contribution < 1.29 is 14.1 Å². The zero-order chi connectivity index (χ0) is 28.9. The van der Waals surface area contributed by atoms with Gasteiger partial charge in [0.2, 0.25) is 11.9 Å². The summed E-state index contributed by atoms with van der Waals surface area (Å²) >= 11 is 0. The molecule has 4 rings (SSSR count). The van der Waals surface area contributed by atoms with Gasteiger partial charge in [-0.1, -0.05) is 25.1 Å². The molecule has 1 amide bonds. The monoisotopic (exact) mass is 547 g/mol. The molecule has 40 heavy (non-hydrogen) atoms. The number of hydrogen-bond acceptors (Lipinski definition) is 8. The SMILES string of the molecule is C=NC(N)=N/C=C(\C)c1ccc(C(C)(c2noc(-c3cnn(CC(=O)N(C)CC4CCCO4)c3)n2)C(C)C)cn1. The summed E-state index contributed by atoms with van der Waals surface area (Å²) in [5, 5.41) is 8.67. The maximum atomic E-state index is 12.7. The van der Waals surface area contributed by atoms with Gasteiger partial charge in [-0.05, 0) is 56.5 Å². The highest BCUT2D eigenvalue weighted by molar-refractivity contribution is 5.83. The first-order valence-electron chi connectivity index (χ1n) is 13.3. The highest BCUT2D eigenvalue weighted by Gasteiger charge is 2.38. The lowest BCUT2D eigenvalue weighted by atomic mass is 9.73. The van der Waals surface area contributed by atoms with Crippen molar-refractivity contribution in [3.63, 3.8) is 0 Å². The van der Waals surface area contributed by atoms with Gasteiger partial charge in [-0.2, -0.15) is 10.1 Å². The molecule has 1 aliphatic heterocycles. The zero-order valence-corrected chi connectivity index (χ0v) is 23.7. The molecule has 2 atom stereocenters. The molecule has 1 saturated heterocycles. The molecule has 2 unspecified atom stereocenters. The van der Waals surface area contributed by atoms with E-state index < -0.39 is 5.41 Å². The van der Waals surface area contributed by atoms with Crippen molar-refractivity contribution in [1.29, 1.82) is 0 Å². The summed E-state index contributed by atoms with van der Waals surface area (Å²) in [5.74, 6) is 1.05. The van der Waals surface area contributed by atoms with Gasteiger partial charge in [-0.25, -0.2) is 9.98 Å². The van der Waals surface area contributed by atoms with E-state index in [1.54, 1.807) is 35.2 Å². The molecule has 2 N–H and O–H groups in total. The van der Waals surface area contributed by atoms with Gasteiger partial charge < -0.3 is 19.9 Å². The summed E-state index contributed by atoms with van der Waals surface area (Å²) in [5.41, 5.74) is 8.19. The van der Waals surface area contributed by atoms with Crippen LogP contribution >= 0.6 is 0 Å². The Morgan fingerprint density at radius 1 is 1.38 bits per heavy atom. The van der Waals surface area contributed by atoms with E-state index in [1.165, 1.54) is 0 Å². The number of likely N-dealkylation sites (N-methyl/N-ethyl adjacent to an activating group) is 1. The summed E-state index contributed by atoms with van der Waals surface area (Å²) in [6.45, 7) is 13.0. The largest absolute Gasteiger partial charge is 0.376 e. The fourth-order valence-electron chi connectivity index (χ4n) is 4.49. The maximum absolute atomic E-state index is 12.7. The molecule has 0 aliphatic carbocycles. The van der Waals surface area contributed by atoms with Crippen LogP contribution in [0.15, 0.2) is 51.4 Å². The van der Waals surface area contributed by atoms with Crippen molar-refractivity contribution >= 4 is 24.2 Å². The number of nitrogens with two attached hydrogens (primary N) is 1. The molecule has 0 bridgehead atoms. The first-order valence-corrected chi connectivity index (χ1v) is 13.3. The minimum Gasteiger partial charge on any atom is -0.376 e.